The summed E-state index contributed by atoms with van der Waals surface area (Å²) >= 11 is 0. The van der Waals surface area contributed by atoms with Crippen LogP contribution < -0.4 is 0 Å². The van der Waals surface area contributed by atoms with Crippen LogP contribution in [0.1, 0.15) is 27.9 Å². The average molecular weight is 353 g/mol. The van der Waals surface area contributed by atoms with Crippen LogP contribution >= 0.6 is 0 Å². The molecule has 0 atom stereocenters. The first-order valence-corrected chi connectivity index (χ1v) is 9.18. The monoisotopic (exact) mass is 353 g/mol. The van der Waals surface area contributed by atoms with Crippen molar-refractivity contribution in [1.82, 2.24) is 14.8 Å². The van der Waals surface area contributed by atoms with Gasteiger partial charge in [-0.05, 0) is 55.2 Å². The summed E-state index contributed by atoms with van der Waals surface area (Å²) in [6, 6.07) is 8.09. The molecular weight excluding hydrogens is 326 g/mol. The SMILES string of the molecule is Cc1cc(C)c(CC(=O)N2CCN(C(=O)Cc3ccc[nH]3)CC2)cc1C. The van der Waals surface area contributed by atoms with Gasteiger partial charge in [-0.25, -0.2) is 0 Å². The van der Waals surface area contributed by atoms with Gasteiger partial charge in [-0.3, -0.25) is 9.59 Å². The molecule has 1 aromatic carbocycles. The maximum Gasteiger partial charge on any atom is 0.228 e. The first-order chi connectivity index (χ1) is 12.4. The van der Waals surface area contributed by atoms with E-state index in [1.165, 1.54) is 16.7 Å². The molecule has 2 aromatic rings. The summed E-state index contributed by atoms with van der Waals surface area (Å²) in [7, 11) is 0. The highest BCUT2D eigenvalue weighted by atomic mass is 16.2. The number of amides is 2. The summed E-state index contributed by atoms with van der Waals surface area (Å²) in [6.45, 7) is 8.67. The Morgan fingerprint density at radius 1 is 0.885 bits per heavy atom. The minimum absolute atomic E-state index is 0.115. The molecule has 1 N–H and O–H groups in total. The van der Waals surface area contributed by atoms with Crippen molar-refractivity contribution in [3.63, 3.8) is 0 Å². The van der Waals surface area contributed by atoms with Crippen molar-refractivity contribution in [2.45, 2.75) is 33.6 Å². The topological polar surface area (TPSA) is 56.4 Å². The van der Waals surface area contributed by atoms with Crippen molar-refractivity contribution in [3.8, 4) is 0 Å². The number of hydrogen-bond donors (Lipinski definition) is 1. The first kappa shape index (κ1) is 18.2. The minimum Gasteiger partial charge on any atom is -0.365 e. The third-order valence-corrected chi connectivity index (χ3v) is 5.28. The van der Waals surface area contributed by atoms with E-state index in [9.17, 15) is 9.59 Å². The number of carbonyl (C=O) groups is 2. The van der Waals surface area contributed by atoms with Crippen molar-refractivity contribution >= 4 is 11.8 Å². The van der Waals surface area contributed by atoms with Crippen molar-refractivity contribution < 1.29 is 9.59 Å². The predicted octanol–water partition coefficient (Wildman–Crippen LogP) is 2.40. The molecule has 0 bridgehead atoms. The third-order valence-electron chi connectivity index (χ3n) is 5.28. The first-order valence-electron chi connectivity index (χ1n) is 9.18. The maximum absolute atomic E-state index is 12.7. The van der Waals surface area contributed by atoms with Gasteiger partial charge in [0.15, 0.2) is 0 Å². The lowest BCUT2D eigenvalue weighted by Gasteiger charge is -2.35. The quantitative estimate of drug-likeness (QED) is 0.918. The van der Waals surface area contributed by atoms with Gasteiger partial charge >= 0.3 is 0 Å². The molecule has 26 heavy (non-hydrogen) atoms. The summed E-state index contributed by atoms with van der Waals surface area (Å²) < 4.78 is 0. The van der Waals surface area contributed by atoms with Crippen LogP contribution in [-0.4, -0.2) is 52.8 Å². The molecule has 3 rings (SSSR count). The van der Waals surface area contributed by atoms with Gasteiger partial charge < -0.3 is 14.8 Å². The van der Waals surface area contributed by atoms with Crippen LogP contribution in [0.5, 0.6) is 0 Å². The second-order valence-electron chi connectivity index (χ2n) is 7.17. The number of carbonyl (C=O) groups excluding carboxylic acids is 2. The zero-order chi connectivity index (χ0) is 18.7. The van der Waals surface area contributed by atoms with Crippen LogP contribution in [0.4, 0.5) is 0 Å². The molecule has 0 spiro atoms. The molecule has 1 aromatic heterocycles. The van der Waals surface area contributed by atoms with Gasteiger partial charge in [0.1, 0.15) is 0 Å². The van der Waals surface area contributed by atoms with Gasteiger partial charge in [-0.2, -0.15) is 0 Å². The molecule has 0 saturated carbocycles. The van der Waals surface area contributed by atoms with Gasteiger partial charge in [0.05, 0.1) is 12.8 Å². The van der Waals surface area contributed by atoms with E-state index in [0.29, 0.717) is 39.0 Å². The highest BCUT2D eigenvalue weighted by molar-refractivity contribution is 5.81. The normalized spacial score (nSPS) is 14.6. The number of aromatic nitrogens is 1. The lowest BCUT2D eigenvalue weighted by atomic mass is 9.98. The van der Waals surface area contributed by atoms with E-state index in [4.69, 9.17) is 0 Å². The zero-order valence-electron chi connectivity index (χ0n) is 15.8. The Morgan fingerprint density at radius 3 is 2.04 bits per heavy atom. The van der Waals surface area contributed by atoms with Gasteiger partial charge in [0, 0.05) is 38.1 Å². The maximum atomic E-state index is 12.7. The highest BCUT2D eigenvalue weighted by Crippen LogP contribution is 2.17. The van der Waals surface area contributed by atoms with Crippen LogP contribution in [0.25, 0.3) is 0 Å². The summed E-state index contributed by atoms with van der Waals surface area (Å²) in [4.78, 5) is 31.8. The van der Waals surface area contributed by atoms with Crippen LogP contribution in [0.15, 0.2) is 30.5 Å². The molecule has 0 unspecified atom stereocenters. The van der Waals surface area contributed by atoms with E-state index in [0.717, 1.165) is 11.3 Å². The fourth-order valence-corrected chi connectivity index (χ4v) is 3.44. The number of aromatic amines is 1. The van der Waals surface area contributed by atoms with Gasteiger partial charge in [-0.15, -0.1) is 0 Å². The fourth-order valence-electron chi connectivity index (χ4n) is 3.44. The fraction of sp³-hybridized carbons (Fsp3) is 0.429. The Morgan fingerprint density at radius 2 is 1.46 bits per heavy atom. The van der Waals surface area contributed by atoms with E-state index in [2.05, 4.69) is 37.9 Å². The number of rotatable bonds is 4. The lowest BCUT2D eigenvalue weighted by molar-refractivity contribution is -0.138. The van der Waals surface area contributed by atoms with Crippen molar-refractivity contribution in [3.05, 3.63) is 58.4 Å². The Kier molecular flexibility index (Phi) is 5.45. The Hall–Kier alpha value is -2.56. The van der Waals surface area contributed by atoms with Gasteiger partial charge in [0.25, 0.3) is 0 Å². The number of benzene rings is 1. The molecular formula is C21H27N3O2. The molecule has 2 amide bonds. The summed E-state index contributed by atoms with van der Waals surface area (Å²) in [6.07, 6.45) is 2.65. The van der Waals surface area contributed by atoms with Crippen LogP contribution in [0.3, 0.4) is 0 Å². The van der Waals surface area contributed by atoms with E-state index >= 15 is 0 Å². The average Bonchev–Trinajstić information content (AvgIpc) is 3.12. The molecule has 5 nitrogen and oxygen atoms in total. The minimum atomic E-state index is 0.115. The lowest BCUT2D eigenvalue weighted by Crippen LogP contribution is -2.51. The number of hydrogen-bond acceptors (Lipinski definition) is 2. The summed E-state index contributed by atoms with van der Waals surface area (Å²) in [5.41, 5.74) is 5.68. The smallest absolute Gasteiger partial charge is 0.228 e. The molecule has 1 aliphatic heterocycles. The predicted molar refractivity (Wildman–Crippen MR) is 102 cm³/mol. The van der Waals surface area contributed by atoms with E-state index in [1.54, 1.807) is 0 Å². The number of H-pyrrole nitrogens is 1. The standard InChI is InChI=1S/C21H27N3O2/c1-15-11-17(3)18(12-16(15)2)13-20(25)23-7-9-24(10-8-23)21(26)14-19-5-4-6-22-19/h4-6,11-12,22H,7-10,13-14H2,1-3H3. The molecule has 138 valence electrons. The van der Waals surface area contributed by atoms with Gasteiger partial charge in [0.2, 0.25) is 11.8 Å². The van der Waals surface area contributed by atoms with Crippen molar-refractivity contribution in [2.24, 2.45) is 0 Å². The second-order valence-corrected chi connectivity index (χ2v) is 7.17. The largest absolute Gasteiger partial charge is 0.365 e. The van der Waals surface area contributed by atoms with Crippen LogP contribution in [0, 0.1) is 20.8 Å². The Balaban J connectivity index is 1.53. The van der Waals surface area contributed by atoms with Crippen LogP contribution in [0.2, 0.25) is 0 Å². The van der Waals surface area contributed by atoms with E-state index in [1.807, 2.05) is 28.1 Å². The second kappa shape index (κ2) is 7.77. The number of piperazine rings is 1. The van der Waals surface area contributed by atoms with E-state index < -0.39 is 0 Å². The number of nitrogens with zero attached hydrogens (tertiary/aromatic N) is 2. The molecule has 2 heterocycles. The van der Waals surface area contributed by atoms with Gasteiger partial charge in [-0.1, -0.05) is 12.1 Å². The third kappa shape index (κ3) is 4.15. The Labute approximate surface area is 155 Å². The zero-order valence-corrected chi connectivity index (χ0v) is 15.8. The molecule has 5 heteroatoms. The number of aryl methyl sites for hydroxylation is 3. The summed E-state index contributed by atoms with van der Waals surface area (Å²) in [5.74, 6) is 0.261. The molecule has 1 fully saturated rings. The van der Waals surface area contributed by atoms with Crippen molar-refractivity contribution in [1.29, 1.82) is 0 Å². The molecule has 1 aliphatic rings. The molecule has 0 radical (unpaired) electrons. The summed E-state index contributed by atoms with van der Waals surface area (Å²) in [5, 5.41) is 0. The van der Waals surface area contributed by atoms with Crippen molar-refractivity contribution in [2.75, 3.05) is 26.2 Å². The Bertz CT molecular complexity index is 788. The molecule has 0 aliphatic carbocycles. The molecule has 1 saturated heterocycles. The van der Waals surface area contributed by atoms with E-state index in [-0.39, 0.29) is 11.8 Å². The highest BCUT2D eigenvalue weighted by Gasteiger charge is 2.24. The van der Waals surface area contributed by atoms with Crippen LogP contribution in [-0.2, 0) is 22.4 Å². The number of nitrogens with one attached hydrogen (secondary N) is 1.